The van der Waals surface area contributed by atoms with Gasteiger partial charge in [-0.2, -0.15) is 0 Å². The van der Waals surface area contributed by atoms with E-state index in [1.54, 1.807) is 24.3 Å². The fourth-order valence-corrected chi connectivity index (χ4v) is 4.89. The molecule has 0 heterocycles. The van der Waals surface area contributed by atoms with Crippen LogP contribution >= 0.6 is 45.2 Å². The second-order valence-electron chi connectivity index (χ2n) is 7.12. The number of carbonyl (C=O) groups excluding carboxylic acids is 1. The van der Waals surface area contributed by atoms with Crippen LogP contribution in [0, 0.1) is 13.1 Å². The second-order valence-corrected chi connectivity index (χ2v) is 9.45. The molecule has 2 rings (SSSR count). The minimum atomic E-state index is -0.0309. The van der Waals surface area contributed by atoms with Gasteiger partial charge in [-0.25, -0.2) is 0 Å². The molecule has 0 amide bonds. The Labute approximate surface area is 188 Å². The molecular formula is C21H25I2NO3. The number of ether oxygens (including phenoxy) is 1. The Bertz CT molecular complexity index is 752. The fraction of sp³-hybridized carbons (Fsp3) is 0.381. The Morgan fingerprint density at radius 3 is 2.30 bits per heavy atom. The lowest BCUT2D eigenvalue weighted by atomic mass is 9.98. The fourth-order valence-electron chi connectivity index (χ4n) is 2.77. The first-order chi connectivity index (χ1) is 12.7. The van der Waals surface area contributed by atoms with Gasteiger partial charge in [-0.05, 0) is 106 Å². The van der Waals surface area contributed by atoms with Crippen molar-refractivity contribution in [2.75, 3.05) is 0 Å². The predicted molar refractivity (Wildman–Crippen MR) is 125 cm³/mol. The SMILES string of the molecule is CC(C)CC(=O)CC[C@@H](N)Cc1cc(I)c(Oc2ccc(O)cc2)c(I)c1. The first-order valence-corrected chi connectivity index (χ1v) is 11.1. The van der Waals surface area contributed by atoms with Crippen LogP contribution in [-0.4, -0.2) is 16.9 Å². The second kappa shape index (κ2) is 10.6. The lowest BCUT2D eigenvalue weighted by Crippen LogP contribution is -2.24. The van der Waals surface area contributed by atoms with Crippen LogP contribution in [0.2, 0.25) is 0 Å². The molecule has 0 fully saturated rings. The number of phenolic OH excluding ortho intramolecular Hbond substituents is 1. The molecule has 27 heavy (non-hydrogen) atoms. The first-order valence-electron chi connectivity index (χ1n) is 8.96. The third-order valence-electron chi connectivity index (χ3n) is 4.04. The van der Waals surface area contributed by atoms with Gasteiger partial charge in [0.2, 0.25) is 0 Å². The molecule has 3 N–H and O–H groups in total. The highest BCUT2D eigenvalue weighted by Gasteiger charge is 2.14. The number of ketones is 1. The van der Waals surface area contributed by atoms with E-state index in [0.29, 0.717) is 36.7 Å². The average Bonchev–Trinajstić information content (AvgIpc) is 2.57. The molecule has 0 aliphatic heterocycles. The molecule has 0 aromatic heterocycles. The standard InChI is InChI=1S/C21H25I2NO3/c1-13(2)9-17(26)4-3-15(24)10-14-11-19(22)21(20(23)12-14)27-18-7-5-16(25)6-8-18/h5-8,11-13,15,25H,3-4,9-10,24H2,1-2H3/t15-/m1/s1. The molecule has 2 aromatic carbocycles. The first kappa shape index (κ1) is 22.4. The molecule has 0 saturated heterocycles. The summed E-state index contributed by atoms with van der Waals surface area (Å²) in [6, 6.07) is 10.8. The molecular weight excluding hydrogens is 568 g/mol. The van der Waals surface area contributed by atoms with Crippen LogP contribution in [0.4, 0.5) is 0 Å². The summed E-state index contributed by atoms with van der Waals surface area (Å²) in [5, 5.41) is 9.38. The van der Waals surface area contributed by atoms with E-state index in [-0.39, 0.29) is 11.8 Å². The van der Waals surface area contributed by atoms with E-state index in [1.165, 1.54) is 0 Å². The van der Waals surface area contributed by atoms with E-state index < -0.39 is 0 Å². The van der Waals surface area contributed by atoms with Crippen molar-refractivity contribution in [2.45, 2.75) is 45.6 Å². The van der Waals surface area contributed by atoms with Crippen LogP contribution in [0.1, 0.15) is 38.7 Å². The molecule has 0 bridgehead atoms. The molecule has 4 nitrogen and oxygen atoms in total. The highest BCUT2D eigenvalue weighted by atomic mass is 127. The quantitative estimate of drug-likeness (QED) is 0.369. The Morgan fingerprint density at radius 2 is 1.74 bits per heavy atom. The molecule has 0 radical (unpaired) electrons. The summed E-state index contributed by atoms with van der Waals surface area (Å²) in [6.07, 6.45) is 2.63. The van der Waals surface area contributed by atoms with Gasteiger partial charge in [0.25, 0.3) is 0 Å². The van der Waals surface area contributed by atoms with Gasteiger partial charge in [0.15, 0.2) is 5.75 Å². The van der Waals surface area contributed by atoms with Gasteiger partial charge in [-0.1, -0.05) is 13.8 Å². The molecule has 0 saturated carbocycles. The van der Waals surface area contributed by atoms with Gasteiger partial charge in [-0.3, -0.25) is 4.79 Å². The van der Waals surface area contributed by atoms with Crippen molar-refractivity contribution in [3.05, 3.63) is 49.1 Å². The van der Waals surface area contributed by atoms with Gasteiger partial charge in [-0.15, -0.1) is 0 Å². The summed E-state index contributed by atoms with van der Waals surface area (Å²) in [4.78, 5) is 11.9. The van der Waals surface area contributed by atoms with Gasteiger partial charge >= 0.3 is 0 Å². The topological polar surface area (TPSA) is 72.6 Å². The normalized spacial score (nSPS) is 12.2. The maximum atomic E-state index is 11.9. The van der Waals surface area contributed by atoms with Crippen LogP contribution in [0.5, 0.6) is 17.2 Å². The van der Waals surface area contributed by atoms with Crippen LogP contribution in [0.25, 0.3) is 0 Å². The smallest absolute Gasteiger partial charge is 0.154 e. The molecule has 1 atom stereocenters. The number of benzene rings is 2. The summed E-state index contributed by atoms with van der Waals surface area (Å²) in [7, 11) is 0. The van der Waals surface area contributed by atoms with Crippen LogP contribution in [0.15, 0.2) is 36.4 Å². The zero-order chi connectivity index (χ0) is 20.0. The van der Waals surface area contributed by atoms with Crippen molar-refractivity contribution < 1.29 is 14.6 Å². The molecule has 0 aliphatic rings. The van der Waals surface area contributed by atoms with E-state index in [0.717, 1.165) is 24.9 Å². The summed E-state index contributed by atoms with van der Waals surface area (Å²) < 4.78 is 7.98. The lowest BCUT2D eigenvalue weighted by Gasteiger charge is -2.15. The summed E-state index contributed by atoms with van der Waals surface area (Å²) in [5.74, 6) is 2.38. The van der Waals surface area contributed by atoms with Gasteiger partial charge in [0.05, 0.1) is 7.14 Å². The number of nitrogens with two attached hydrogens (primary N) is 1. The van der Waals surface area contributed by atoms with Gasteiger partial charge < -0.3 is 15.6 Å². The van der Waals surface area contributed by atoms with Crippen molar-refractivity contribution in [3.8, 4) is 17.2 Å². The number of Topliss-reactive ketones (excluding diaryl/α,β-unsaturated/α-hetero) is 1. The maximum Gasteiger partial charge on any atom is 0.154 e. The van der Waals surface area contributed by atoms with E-state index in [2.05, 4.69) is 71.2 Å². The zero-order valence-corrected chi connectivity index (χ0v) is 19.9. The monoisotopic (exact) mass is 593 g/mol. The van der Waals surface area contributed by atoms with Gasteiger partial charge in [0, 0.05) is 18.9 Å². The largest absolute Gasteiger partial charge is 0.508 e. The van der Waals surface area contributed by atoms with Crippen LogP contribution in [0.3, 0.4) is 0 Å². The number of rotatable bonds is 9. The number of aromatic hydroxyl groups is 1. The van der Waals surface area contributed by atoms with Crippen molar-refractivity contribution in [1.82, 2.24) is 0 Å². The molecule has 6 heteroatoms. The van der Waals surface area contributed by atoms with Crippen molar-refractivity contribution >= 4 is 51.0 Å². The maximum absolute atomic E-state index is 11.9. The van der Waals surface area contributed by atoms with E-state index in [9.17, 15) is 9.90 Å². The minimum absolute atomic E-state index is 0.0309. The number of halogens is 2. The Hall–Kier alpha value is -0.870. The minimum Gasteiger partial charge on any atom is -0.508 e. The van der Waals surface area contributed by atoms with Crippen molar-refractivity contribution in [3.63, 3.8) is 0 Å². The van der Waals surface area contributed by atoms with E-state index in [4.69, 9.17) is 10.5 Å². The van der Waals surface area contributed by atoms with Gasteiger partial charge in [0.1, 0.15) is 17.3 Å². The third-order valence-corrected chi connectivity index (χ3v) is 5.65. The number of hydrogen-bond donors (Lipinski definition) is 2. The number of carbonyl (C=O) groups is 1. The zero-order valence-electron chi connectivity index (χ0n) is 15.5. The third kappa shape index (κ3) is 7.57. The van der Waals surface area contributed by atoms with Crippen LogP contribution < -0.4 is 10.5 Å². The summed E-state index contributed by atoms with van der Waals surface area (Å²) >= 11 is 4.53. The highest BCUT2D eigenvalue weighted by molar-refractivity contribution is 14.1. The lowest BCUT2D eigenvalue weighted by molar-refractivity contribution is -0.119. The molecule has 146 valence electrons. The molecule has 0 unspecified atom stereocenters. The molecule has 0 spiro atoms. The average molecular weight is 593 g/mol. The Morgan fingerprint density at radius 1 is 1.15 bits per heavy atom. The van der Waals surface area contributed by atoms with E-state index in [1.807, 2.05) is 0 Å². The Balaban J connectivity index is 1.98. The van der Waals surface area contributed by atoms with Crippen molar-refractivity contribution in [2.24, 2.45) is 11.7 Å². The Kier molecular flexibility index (Phi) is 8.81. The van der Waals surface area contributed by atoms with Crippen molar-refractivity contribution in [1.29, 1.82) is 0 Å². The number of hydrogen-bond acceptors (Lipinski definition) is 4. The molecule has 0 aliphatic carbocycles. The van der Waals surface area contributed by atoms with E-state index >= 15 is 0 Å². The summed E-state index contributed by atoms with van der Waals surface area (Å²) in [6.45, 7) is 4.12. The number of phenols is 1. The molecule has 2 aromatic rings. The summed E-state index contributed by atoms with van der Waals surface area (Å²) in [5.41, 5.74) is 7.39. The predicted octanol–water partition coefficient (Wildman–Crippen LogP) is 5.66. The highest BCUT2D eigenvalue weighted by Crippen LogP contribution is 2.33. The van der Waals surface area contributed by atoms with Crippen LogP contribution in [-0.2, 0) is 11.2 Å².